The molecular weight excluding hydrogens is 472 g/mol. The standard InChI is InChI=1S/C22H30N6O4SSi/c1-16(29)25-21-11-18(26-20-7-6-8-22(27-20)33(2,30)31)17(12-24-21)19-13-23-14-28(19)15-32-9-10-34(3,4)5/h6-8,11-14H,9-10,15H2,1-5H3,(H2,24,25,26,27,29). The normalized spacial score (nSPS) is 11.9. The van der Waals surface area contributed by atoms with Crippen LogP contribution in [-0.2, 0) is 26.1 Å². The lowest BCUT2D eigenvalue weighted by Crippen LogP contribution is -2.22. The van der Waals surface area contributed by atoms with E-state index in [9.17, 15) is 13.2 Å². The molecule has 0 spiro atoms. The molecule has 0 radical (unpaired) electrons. The van der Waals surface area contributed by atoms with Gasteiger partial charge in [0.15, 0.2) is 14.9 Å². The van der Waals surface area contributed by atoms with Crippen molar-refractivity contribution < 1.29 is 17.9 Å². The molecule has 0 aliphatic rings. The predicted octanol–water partition coefficient (Wildman–Crippen LogP) is 3.76. The summed E-state index contributed by atoms with van der Waals surface area (Å²) in [6.45, 7) is 9.28. The molecule has 3 rings (SSSR count). The van der Waals surface area contributed by atoms with Gasteiger partial charge in [0.05, 0.1) is 23.9 Å². The lowest BCUT2D eigenvalue weighted by atomic mass is 10.1. The molecule has 0 bridgehead atoms. The van der Waals surface area contributed by atoms with Crippen LogP contribution in [0, 0.1) is 0 Å². The molecule has 0 saturated carbocycles. The van der Waals surface area contributed by atoms with Crippen LogP contribution in [0.5, 0.6) is 0 Å². The fourth-order valence-corrected chi connectivity index (χ4v) is 4.38. The third-order valence-corrected chi connectivity index (χ3v) is 7.48. The van der Waals surface area contributed by atoms with Gasteiger partial charge in [-0.05, 0) is 18.2 Å². The highest BCUT2D eigenvalue weighted by molar-refractivity contribution is 7.90. The summed E-state index contributed by atoms with van der Waals surface area (Å²) in [4.78, 5) is 24.4. The Kier molecular flexibility index (Phi) is 7.84. The second kappa shape index (κ2) is 10.4. The quantitative estimate of drug-likeness (QED) is 0.317. The second-order valence-corrected chi connectivity index (χ2v) is 16.7. The predicted molar refractivity (Wildman–Crippen MR) is 134 cm³/mol. The number of sulfone groups is 1. The second-order valence-electron chi connectivity index (χ2n) is 9.15. The number of hydrogen-bond donors (Lipinski definition) is 2. The number of nitrogens with one attached hydrogen (secondary N) is 2. The summed E-state index contributed by atoms with van der Waals surface area (Å²) in [7, 11) is -4.67. The summed E-state index contributed by atoms with van der Waals surface area (Å²) in [5.41, 5.74) is 2.00. The number of anilines is 3. The highest BCUT2D eigenvalue weighted by Gasteiger charge is 2.16. The van der Waals surface area contributed by atoms with Gasteiger partial charge in [-0.3, -0.25) is 4.79 Å². The summed E-state index contributed by atoms with van der Waals surface area (Å²) < 4.78 is 31.6. The largest absolute Gasteiger partial charge is 0.361 e. The van der Waals surface area contributed by atoms with Crippen molar-refractivity contribution in [1.82, 2.24) is 19.5 Å². The zero-order chi connectivity index (χ0) is 24.9. The molecule has 0 atom stereocenters. The molecular formula is C22H30N6O4SSi. The average molecular weight is 503 g/mol. The van der Waals surface area contributed by atoms with Gasteiger partial charge < -0.3 is 19.9 Å². The van der Waals surface area contributed by atoms with Crippen molar-refractivity contribution in [3.8, 4) is 11.3 Å². The molecule has 0 aliphatic carbocycles. The first-order chi connectivity index (χ1) is 15.9. The van der Waals surface area contributed by atoms with E-state index in [1.807, 2.05) is 4.57 Å². The summed E-state index contributed by atoms with van der Waals surface area (Å²) in [6, 6.07) is 7.42. The van der Waals surface area contributed by atoms with Gasteiger partial charge in [-0.25, -0.2) is 23.4 Å². The molecule has 2 N–H and O–H groups in total. The van der Waals surface area contributed by atoms with E-state index < -0.39 is 17.9 Å². The van der Waals surface area contributed by atoms with Crippen LogP contribution in [0.3, 0.4) is 0 Å². The molecule has 0 unspecified atom stereocenters. The molecule has 10 nitrogen and oxygen atoms in total. The maximum Gasteiger partial charge on any atom is 0.222 e. The van der Waals surface area contributed by atoms with Crippen molar-refractivity contribution in [1.29, 1.82) is 0 Å². The Bertz CT molecular complexity index is 1270. The van der Waals surface area contributed by atoms with Crippen LogP contribution in [-0.4, -0.2) is 54.8 Å². The number of nitrogens with zero attached hydrogens (tertiary/aromatic N) is 4. The molecule has 3 aromatic heterocycles. The number of ether oxygens (including phenoxy) is 1. The molecule has 0 fully saturated rings. The van der Waals surface area contributed by atoms with E-state index in [0.29, 0.717) is 36.2 Å². The number of carbonyl (C=O) groups is 1. The van der Waals surface area contributed by atoms with Crippen molar-refractivity contribution in [3.63, 3.8) is 0 Å². The molecule has 34 heavy (non-hydrogen) atoms. The number of imidazole rings is 1. The number of pyridine rings is 2. The summed E-state index contributed by atoms with van der Waals surface area (Å²) in [5.74, 6) is 0.418. The topological polar surface area (TPSA) is 128 Å². The number of rotatable bonds is 10. The monoisotopic (exact) mass is 502 g/mol. The molecule has 0 saturated heterocycles. The fraction of sp³-hybridized carbons (Fsp3) is 0.364. The van der Waals surface area contributed by atoms with Crippen LogP contribution in [0.4, 0.5) is 17.3 Å². The Morgan fingerprint density at radius 2 is 1.94 bits per heavy atom. The van der Waals surface area contributed by atoms with E-state index in [-0.39, 0.29) is 10.9 Å². The number of hydrogen-bond acceptors (Lipinski definition) is 8. The van der Waals surface area contributed by atoms with Gasteiger partial charge in [0.25, 0.3) is 0 Å². The third kappa shape index (κ3) is 7.20. The molecule has 0 aromatic carbocycles. The lowest BCUT2D eigenvalue weighted by Gasteiger charge is -2.17. The van der Waals surface area contributed by atoms with Crippen molar-refractivity contribution in [2.45, 2.75) is 44.4 Å². The maximum absolute atomic E-state index is 11.9. The minimum absolute atomic E-state index is 0.0453. The lowest BCUT2D eigenvalue weighted by molar-refractivity contribution is -0.114. The highest BCUT2D eigenvalue weighted by Crippen LogP contribution is 2.31. The molecule has 0 aliphatic heterocycles. The molecule has 3 aromatic rings. The first-order valence-electron chi connectivity index (χ1n) is 10.7. The van der Waals surface area contributed by atoms with Crippen LogP contribution in [0.1, 0.15) is 6.92 Å². The van der Waals surface area contributed by atoms with Gasteiger partial charge in [-0.1, -0.05) is 25.7 Å². The summed E-state index contributed by atoms with van der Waals surface area (Å²) in [6.07, 6.45) is 6.09. The van der Waals surface area contributed by atoms with Gasteiger partial charge in [0.2, 0.25) is 5.91 Å². The van der Waals surface area contributed by atoms with Crippen molar-refractivity contribution in [2.24, 2.45) is 0 Å². The fourth-order valence-electron chi connectivity index (χ4n) is 3.03. The first kappa shape index (κ1) is 25.5. The van der Waals surface area contributed by atoms with Crippen LogP contribution in [0.15, 0.2) is 48.0 Å². The van der Waals surface area contributed by atoms with Crippen LogP contribution in [0.2, 0.25) is 25.7 Å². The molecule has 182 valence electrons. The third-order valence-electron chi connectivity index (χ3n) is 4.79. The van der Waals surface area contributed by atoms with E-state index in [4.69, 9.17) is 4.74 Å². The van der Waals surface area contributed by atoms with Crippen molar-refractivity contribution >= 4 is 41.1 Å². The minimum Gasteiger partial charge on any atom is -0.361 e. The van der Waals surface area contributed by atoms with Gasteiger partial charge in [-0.2, -0.15) is 0 Å². The van der Waals surface area contributed by atoms with E-state index in [0.717, 1.165) is 18.0 Å². The Morgan fingerprint density at radius 1 is 1.18 bits per heavy atom. The number of aromatic nitrogens is 4. The molecule has 1 amide bonds. The summed E-state index contributed by atoms with van der Waals surface area (Å²) >= 11 is 0. The summed E-state index contributed by atoms with van der Waals surface area (Å²) in [5, 5.41) is 5.77. The first-order valence-corrected chi connectivity index (χ1v) is 16.3. The van der Waals surface area contributed by atoms with E-state index >= 15 is 0 Å². The average Bonchev–Trinajstić information content (AvgIpc) is 3.18. The Morgan fingerprint density at radius 3 is 2.62 bits per heavy atom. The van der Waals surface area contributed by atoms with E-state index in [2.05, 4.69) is 45.2 Å². The SMILES string of the molecule is CC(=O)Nc1cc(Nc2cccc(S(C)(=O)=O)n2)c(-c2cncn2COCC[Si](C)(C)C)cn1. The van der Waals surface area contributed by atoms with Crippen LogP contribution >= 0.6 is 0 Å². The number of amides is 1. The van der Waals surface area contributed by atoms with Gasteiger partial charge >= 0.3 is 0 Å². The maximum atomic E-state index is 11.9. The Balaban J connectivity index is 1.93. The zero-order valence-corrected chi connectivity index (χ0v) is 21.8. The van der Waals surface area contributed by atoms with E-state index in [1.54, 1.807) is 36.9 Å². The van der Waals surface area contributed by atoms with Gasteiger partial charge in [0.1, 0.15) is 18.4 Å². The smallest absolute Gasteiger partial charge is 0.222 e. The minimum atomic E-state index is -3.47. The Labute approximate surface area is 200 Å². The van der Waals surface area contributed by atoms with Crippen molar-refractivity contribution in [3.05, 3.63) is 43.0 Å². The number of carbonyl (C=O) groups excluding carboxylic acids is 1. The van der Waals surface area contributed by atoms with E-state index in [1.165, 1.54) is 13.0 Å². The zero-order valence-electron chi connectivity index (χ0n) is 20.0. The highest BCUT2D eigenvalue weighted by atomic mass is 32.2. The van der Waals surface area contributed by atoms with Crippen LogP contribution in [0.25, 0.3) is 11.3 Å². The molecule has 12 heteroatoms. The van der Waals surface area contributed by atoms with Gasteiger partial charge in [-0.15, -0.1) is 0 Å². The Hall–Kier alpha value is -3.09. The van der Waals surface area contributed by atoms with Crippen LogP contribution < -0.4 is 10.6 Å². The van der Waals surface area contributed by atoms with Gasteiger partial charge in [0, 0.05) is 45.7 Å². The molecule has 3 heterocycles. The van der Waals surface area contributed by atoms with Crippen molar-refractivity contribution in [2.75, 3.05) is 23.5 Å².